The van der Waals surface area contributed by atoms with Crippen molar-refractivity contribution in [3.8, 4) is 11.5 Å². The SMILES string of the molecule is COc1cc(C(=O)N2CCCC(C)(O)C2)cc(OC)c1Br. The predicted octanol–water partition coefficient (Wildman–Crippen LogP) is 2.45. The minimum atomic E-state index is -0.822. The largest absolute Gasteiger partial charge is 0.495 e. The summed E-state index contributed by atoms with van der Waals surface area (Å²) in [6.07, 6.45) is 1.51. The van der Waals surface area contributed by atoms with Crippen LogP contribution in [0.1, 0.15) is 30.1 Å². The number of β-amino-alcohol motifs (C(OH)–C–C–N with tert-alkyl or cyclic N) is 1. The van der Waals surface area contributed by atoms with Crippen molar-refractivity contribution < 1.29 is 19.4 Å². The Morgan fingerprint density at radius 1 is 1.33 bits per heavy atom. The van der Waals surface area contributed by atoms with E-state index in [1.54, 1.807) is 38.2 Å². The lowest BCUT2D eigenvalue weighted by molar-refractivity contribution is -0.0107. The molecule has 1 aromatic rings. The molecule has 6 heteroatoms. The summed E-state index contributed by atoms with van der Waals surface area (Å²) in [7, 11) is 3.08. The van der Waals surface area contributed by atoms with Crippen molar-refractivity contribution in [1.82, 2.24) is 4.90 Å². The Morgan fingerprint density at radius 2 is 1.90 bits per heavy atom. The van der Waals surface area contributed by atoms with Crippen LogP contribution in [0.3, 0.4) is 0 Å². The summed E-state index contributed by atoms with van der Waals surface area (Å²) >= 11 is 3.38. The van der Waals surface area contributed by atoms with Gasteiger partial charge in [0.15, 0.2) is 0 Å². The van der Waals surface area contributed by atoms with Crippen LogP contribution in [-0.2, 0) is 0 Å². The maximum absolute atomic E-state index is 12.6. The summed E-state index contributed by atoms with van der Waals surface area (Å²) in [4.78, 5) is 14.3. The van der Waals surface area contributed by atoms with Crippen LogP contribution in [0.5, 0.6) is 11.5 Å². The molecule has 1 aliphatic heterocycles. The molecular weight excluding hydrogens is 338 g/mol. The number of aliphatic hydroxyl groups is 1. The number of ether oxygens (including phenoxy) is 2. The quantitative estimate of drug-likeness (QED) is 0.902. The number of nitrogens with zero attached hydrogens (tertiary/aromatic N) is 1. The predicted molar refractivity (Wildman–Crippen MR) is 83.0 cm³/mol. The molecule has 1 atom stereocenters. The standard InChI is InChI=1S/C15H20BrNO4/c1-15(19)5-4-6-17(9-15)14(18)10-7-11(20-2)13(16)12(8-10)21-3/h7-8,19H,4-6,9H2,1-3H3. The van der Waals surface area contributed by atoms with Crippen LogP contribution in [0.25, 0.3) is 0 Å². The second-order valence-electron chi connectivity index (χ2n) is 5.52. The number of piperidine rings is 1. The zero-order valence-electron chi connectivity index (χ0n) is 12.5. The van der Waals surface area contributed by atoms with Crippen molar-refractivity contribution >= 4 is 21.8 Å². The number of halogens is 1. The van der Waals surface area contributed by atoms with E-state index in [1.165, 1.54) is 0 Å². The topological polar surface area (TPSA) is 59.0 Å². The van der Waals surface area contributed by atoms with Gasteiger partial charge in [-0.25, -0.2) is 0 Å². The molecule has 0 spiro atoms. The van der Waals surface area contributed by atoms with Crippen LogP contribution in [0.4, 0.5) is 0 Å². The lowest BCUT2D eigenvalue weighted by atomic mass is 9.94. The van der Waals surface area contributed by atoms with Gasteiger partial charge in [-0.2, -0.15) is 0 Å². The van der Waals surface area contributed by atoms with Crippen molar-refractivity contribution in [2.24, 2.45) is 0 Å². The molecule has 1 N–H and O–H groups in total. The van der Waals surface area contributed by atoms with Gasteiger partial charge in [-0.1, -0.05) is 0 Å². The third-order valence-corrected chi connectivity index (χ3v) is 4.44. The molecule has 2 rings (SSSR count). The number of hydrogen-bond donors (Lipinski definition) is 1. The van der Waals surface area contributed by atoms with Crippen LogP contribution in [0, 0.1) is 0 Å². The molecule has 1 aliphatic rings. The Balaban J connectivity index is 2.30. The van der Waals surface area contributed by atoms with Crippen molar-refractivity contribution in [3.63, 3.8) is 0 Å². The van der Waals surface area contributed by atoms with E-state index in [-0.39, 0.29) is 5.91 Å². The number of hydrogen-bond acceptors (Lipinski definition) is 4. The van der Waals surface area contributed by atoms with Crippen LogP contribution >= 0.6 is 15.9 Å². The molecule has 1 unspecified atom stereocenters. The van der Waals surface area contributed by atoms with Gasteiger partial charge in [0.1, 0.15) is 16.0 Å². The van der Waals surface area contributed by atoms with Crippen LogP contribution in [-0.4, -0.2) is 48.8 Å². The van der Waals surface area contributed by atoms with Gasteiger partial charge in [0.05, 0.1) is 19.8 Å². The number of carbonyl (C=O) groups excluding carboxylic acids is 1. The highest BCUT2D eigenvalue weighted by atomic mass is 79.9. The first kappa shape index (κ1) is 16.1. The molecular formula is C15H20BrNO4. The molecule has 0 aliphatic carbocycles. The Labute approximate surface area is 133 Å². The van der Waals surface area contributed by atoms with Gasteiger partial charge < -0.3 is 19.5 Å². The third-order valence-electron chi connectivity index (χ3n) is 3.65. The third kappa shape index (κ3) is 3.49. The minimum absolute atomic E-state index is 0.126. The van der Waals surface area contributed by atoms with E-state index >= 15 is 0 Å². The molecule has 0 saturated carbocycles. The fourth-order valence-electron chi connectivity index (χ4n) is 2.57. The van der Waals surface area contributed by atoms with Crippen molar-refractivity contribution in [2.75, 3.05) is 27.3 Å². The number of likely N-dealkylation sites (tertiary alicyclic amines) is 1. The lowest BCUT2D eigenvalue weighted by Crippen LogP contribution is -2.48. The zero-order chi connectivity index (χ0) is 15.6. The normalized spacial score (nSPS) is 22.0. The molecule has 0 bridgehead atoms. The molecule has 1 fully saturated rings. The van der Waals surface area contributed by atoms with E-state index in [9.17, 15) is 9.90 Å². The van der Waals surface area contributed by atoms with Gasteiger partial charge in [0.2, 0.25) is 0 Å². The van der Waals surface area contributed by atoms with Gasteiger partial charge >= 0.3 is 0 Å². The highest BCUT2D eigenvalue weighted by Crippen LogP contribution is 2.36. The molecule has 116 valence electrons. The van der Waals surface area contributed by atoms with E-state index in [2.05, 4.69) is 15.9 Å². The van der Waals surface area contributed by atoms with Crippen molar-refractivity contribution in [1.29, 1.82) is 0 Å². The van der Waals surface area contributed by atoms with Gasteiger partial charge in [-0.15, -0.1) is 0 Å². The number of carbonyl (C=O) groups is 1. The van der Waals surface area contributed by atoms with Crippen molar-refractivity contribution in [3.05, 3.63) is 22.2 Å². The smallest absolute Gasteiger partial charge is 0.254 e. The second kappa shape index (κ2) is 6.23. The van der Waals surface area contributed by atoms with Crippen molar-refractivity contribution in [2.45, 2.75) is 25.4 Å². The lowest BCUT2D eigenvalue weighted by Gasteiger charge is -2.36. The average molecular weight is 358 g/mol. The Kier molecular flexibility index (Phi) is 4.78. The summed E-state index contributed by atoms with van der Waals surface area (Å²) in [6, 6.07) is 3.36. The fourth-order valence-corrected chi connectivity index (χ4v) is 3.12. The maximum atomic E-state index is 12.6. The van der Waals surface area contributed by atoms with Gasteiger partial charge in [0, 0.05) is 18.7 Å². The van der Waals surface area contributed by atoms with Crippen LogP contribution in [0.2, 0.25) is 0 Å². The van der Waals surface area contributed by atoms with Gasteiger partial charge in [0.25, 0.3) is 5.91 Å². The molecule has 21 heavy (non-hydrogen) atoms. The molecule has 0 radical (unpaired) electrons. The number of amides is 1. The highest BCUT2D eigenvalue weighted by Gasteiger charge is 2.31. The van der Waals surface area contributed by atoms with Gasteiger partial charge in [-0.05, 0) is 47.8 Å². The average Bonchev–Trinajstić information content (AvgIpc) is 2.45. The summed E-state index contributed by atoms with van der Waals surface area (Å²) in [5, 5.41) is 10.1. The maximum Gasteiger partial charge on any atom is 0.254 e. The monoisotopic (exact) mass is 357 g/mol. The first-order chi connectivity index (χ1) is 9.88. The number of rotatable bonds is 3. The summed E-state index contributed by atoms with van der Waals surface area (Å²) in [6.45, 7) is 2.75. The minimum Gasteiger partial charge on any atom is -0.495 e. The first-order valence-electron chi connectivity index (χ1n) is 6.81. The van der Waals surface area contributed by atoms with E-state index < -0.39 is 5.60 Å². The summed E-state index contributed by atoms with van der Waals surface area (Å²) in [5.74, 6) is 0.960. The van der Waals surface area contributed by atoms with Gasteiger partial charge in [-0.3, -0.25) is 4.79 Å². The highest BCUT2D eigenvalue weighted by molar-refractivity contribution is 9.10. The van der Waals surface area contributed by atoms with E-state index in [1.807, 2.05) is 0 Å². The van der Waals surface area contributed by atoms with Crippen LogP contribution < -0.4 is 9.47 Å². The molecule has 0 aromatic heterocycles. The molecule has 5 nitrogen and oxygen atoms in total. The summed E-state index contributed by atoms with van der Waals surface area (Å²) in [5.41, 5.74) is -0.332. The van der Waals surface area contributed by atoms with E-state index in [0.717, 1.165) is 6.42 Å². The second-order valence-corrected chi connectivity index (χ2v) is 6.31. The molecule has 1 amide bonds. The first-order valence-corrected chi connectivity index (χ1v) is 7.60. The van der Waals surface area contributed by atoms with E-state index in [0.29, 0.717) is 41.0 Å². The van der Waals surface area contributed by atoms with E-state index in [4.69, 9.17) is 9.47 Å². The molecule has 1 saturated heterocycles. The number of methoxy groups -OCH3 is 2. The number of benzene rings is 1. The molecule has 1 heterocycles. The molecule has 1 aromatic carbocycles. The Hall–Kier alpha value is -1.27. The van der Waals surface area contributed by atoms with Crippen LogP contribution in [0.15, 0.2) is 16.6 Å². The fraction of sp³-hybridized carbons (Fsp3) is 0.533. The Morgan fingerprint density at radius 3 is 2.38 bits per heavy atom. The zero-order valence-corrected chi connectivity index (χ0v) is 14.1. The summed E-state index contributed by atoms with van der Waals surface area (Å²) < 4.78 is 11.2. The Bertz CT molecular complexity index is 519.